The summed E-state index contributed by atoms with van der Waals surface area (Å²) in [5, 5.41) is 19.1. The highest BCUT2D eigenvalue weighted by Crippen LogP contribution is 2.39. The quantitative estimate of drug-likeness (QED) is 0.211. The van der Waals surface area contributed by atoms with Gasteiger partial charge in [-0.05, 0) is 74.7 Å². The summed E-state index contributed by atoms with van der Waals surface area (Å²) in [6, 6.07) is 6.88. The van der Waals surface area contributed by atoms with Crippen LogP contribution in [0.15, 0.2) is 33.8 Å². The van der Waals surface area contributed by atoms with Crippen molar-refractivity contribution < 1.29 is 42.9 Å². The van der Waals surface area contributed by atoms with Crippen LogP contribution in [-0.2, 0) is 27.2 Å². The SMILES string of the molecule is CCOC(=O)c1c(NC(=O)C(CC)Sc2c([O-])on[n+]2-c2ccc(OC)cc2)sc2c1CCN(C(=O)OC(C)(C)C)C2. The van der Waals surface area contributed by atoms with E-state index < -0.39 is 34.8 Å². The average Bonchev–Trinajstić information content (AvgIpc) is 3.49. The summed E-state index contributed by atoms with van der Waals surface area (Å²) in [6.45, 7) is 9.69. The Hall–Kier alpha value is -3.78. The number of carbonyl (C=O) groups is 3. The second-order valence-corrected chi connectivity index (χ2v) is 12.7. The zero-order valence-corrected chi connectivity index (χ0v) is 26.0. The van der Waals surface area contributed by atoms with Crippen LogP contribution in [0.5, 0.6) is 11.7 Å². The number of anilines is 1. The van der Waals surface area contributed by atoms with Crippen LogP contribution in [0.1, 0.15) is 61.8 Å². The minimum atomic E-state index is -0.714. The van der Waals surface area contributed by atoms with E-state index >= 15 is 0 Å². The van der Waals surface area contributed by atoms with Crippen molar-refractivity contribution in [2.45, 2.75) is 69.9 Å². The molecule has 4 rings (SSSR count). The molecular formula is C28H34N4O8S2. The molecule has 0 saturated carbocycles. The molecule has 226 valence electrons. The third-order valence-corrected chi connectivity index (χ3v) is 8.76. The van der Waals surface area contributed by atoms with Gasteiger partial charge >= 0.3 is 12.1 Å². The van der Waals surface area contributed by atoms with E-state index in [1.54, 1.807) is 64.0 Å². The zero-order valence-electron chi connectivity index (χ0n) is 24.3. The number of benzene rings is 1. The monoisotopic (exact) mass is 618 g/mol. The zero-order chi connectivity index (χ0) is 30.6. The number of aromatic nitrogens is 2. The molecule has 0 bridgehead atoms. The Balaban J connectivity index is 1.58. The number of carbonyl (C=O) groups excluding carboxylic acids is 3. The lowest BCUT2D eigenvalue weighted by Crippen LogP contribution is -2.39. The molecule has 12 nitrogen and oxygen atoms in total. The van der Waals surface area contributed by atoms with E-state index in [9.17, 15) is 19.5 Å². The summed E-state index contributed by atoms with van der Waals surface area (Å²) < 4.78 is 22.3. The number of fused-ring (bicyclic) bond motifs is 1. The van der Waals surface area contributed by atoms with Crippen LogP contribution in [-0.4, -0.2) is 59.3 Å². The third-order valence-electron chi connectivity index (χ3n) is 6.23. The Bertz CT molecular complexity index is 1450. The summed E-state index contributed by atoms with van der Waals surface area (Å²) in [5.74, 6) is -0.994. The van der Waals surface area contributed by atoms with E-state index in [0.29, 0.717) is 35.8 Å². The van der Waals surface area contributed by atoms with E-state index in [1.807, 2.05) is 6.92 Å². The molecule has 2 aromatic heterocycles. The number of hydrogen-bond acceptors (Lipinski definition) is 11. The summed E-state index contributed by atoms with van der Waals surface area (Å²) in [5.41, 5.74) is 0.947. The van der Waals surface area contributed by atoms with Gasteiger partial charge in [0.05, 0.1) is 36.3 Å². The van der Waals surface area contributed by atoms with Crippen molar-refractivity contribution in [3.63, 3.8) is 0 Å². The first kappa shape index (κ1) is 31.2. The van der Waals surface area contributed by atoms with Crippen molar-refractivity contribution in [1.29, 1.82) is 0 Å². The predicted octanol–water partition coefficient (Wildman–Crippen LogP) is 4.07. The number of nitrogens with zero attached hydrogens (tertiary/aromatic N) is 3. The van der Waals surface area contributed by atoms with Crippen LogP contribution >= 0.6 is 23.1 Å². The number of thiophene rings is 1. The number of methoxy groups -OCH3 is 1. The maximum atomic E-state index is 13.5. The van der Waals surface area contributed by atoms with Gasteiger partial charge in [0.1, 0.15) is 16.4 Å². The summed E-state index contributed by atoms with van der Waals surface area (Å²) in [6.07, 6.45) is 0.332. The molecule has 3 aromatic rings. The molecule has 0 spiro atoms. The molecule has 0 saturated heterocycles. The highest BCUT2D eigenvalue weighted by atomic mass is 32.2. The van der Waals surface area contributed by atoms with Crippen LogP contribution < -0.4 is 19.8 Å². The molecule has 1 aromatic carbocycles. The van der Waals surface area contributed by atoms with Gasteiger partial charge in [0.2, 0.25) is 11.6 Å². The molecule has 1 N–H and O–H groups in total. The molecular weight excluding hydrogens is 584 g/mol. The Morgan fingerprint density at radius 3 is 2.57 bits per heavy atom. The largest absolute Gasteiger partial charge is 0.538 e. The first-order chi connectivity index (χ1) is 19.9. The lowest BCUT2D eigenvalue weighted by atomic mass is 10.0. The van der Waals surface area contributed by atoms with E-state index in [2.05, 4.69) is 10.6 Å². The number of esters is 1. The van der Waals surface area contributed by atoms with Crippen molar-refractivity contribution in [2.75, 3.05) is 25.6 Å². The number of thioether (sulfide) groups is 1. The van der Waals surface area contributed by atoms with Gasteiger partial charge in [0.25, 0.3) is 5.03 Å². The van der Waals surface area contributed by atoms with Gasteiger partial charge in [0.15, 0.2) is 5.95 Å². The van der Waals surface area contributed by atoms with E-state index in [1.165, 1.54) is 16.0 Å². The lowest BCUT2D eigenvalue weighted by molar-refractivity contribution is -0.705. The van der Waals surface area contributed by atoms with Gasteiger partial charge in [0, 0.05) is 23.6 Å². The number of nitrogens with one attached hydrogen (secondary N) is 1. The molecule has 42 heavy (non-hydrogen) atoms. The number of amides is 2. The van der Waals surface area contributed by atoms with Crippen molar-refractivity contribution in [2.24, 2.45) is 0 Å². The average molecular weight is 619 g/mol. The Morgan fingerprint density at radius 2 is 1.95 bits per heavy atom. The third kappa shape index (κ3) is 6.98. The first-order valence-electron chi connectivity index (χ1n) is 13.5. The summed E-state index contributed by atoms with van der Waals surface area (Å²) >= 11 is 2.24. The normalized spacial score (nSPS) is 13.7. The topological polar surface area (TPSA) is 147 Å². The van der Waals surface area contributed by atoms with Gasteiger partial charge in [-0.25, -0.2) is 9.59 Å². The molecule has 2 amide bonds. The van der Waals surface area contributed by atoms with Gasteiger partial charge < -0.3 is 34.1 Å². The number of ether oxygens (including phenoxy) is 3. The van der Waals surface area contributed by atoms with Crippen LogP contribution in [0.2, 0.25) is 0 Å². The van der Waals surface area contributed by atoms with E-state index in [4.69, 9.17) is 18.7 Å². The minimum absolute atomic E-state index is 0.131. The smallest absolute Gasteiger partial charge is 0.410 e. The van der Waals surface area contributed by atoms with E-state index in [-0.39, 0.29) is 23.7 Å². The van der Waals surface area contributed by atoms with Crippen molar-refractivity contribution >= 4 is 46.1 Å². The Morgan fingerprint density at radius 1 is 1.24 bits per heavy atom. The maximum Gasteiger partial charge on any atom is 0.410 e. The highest BCUT2D eigenvalue weighted by molar-refractivity contribution is 8.00. The molecule has 0 radical (unpaired) electrons. The molecule has 0 aliphatic carbocycles. The fourth-order valence-corrected chi connectivity index (χ4v) is 6.50. The molecule has 1 aliphatic heterocycles. The number of hydrogen-bond donors (Lipinski definition) is 1. The van der Waals surface area contributed by atoms with Crippen molar-refractivity contribution in [1.82, 2.24) is 10.2 Å². The standard InChI is InChI=1S/C28H34N4O8S2/c1-7-19(42-24-26(35)40-30-32(24)16-9-11-17(37-6)12-10-16)22(33)29-23-21(25(34)38-8-2)18-13-14-31(15-20(18)41-23)27(36)39-28(3,4)5/h9-12,19H,7-8,13-15H2,1-6H3,(H-,29,30,33,34,35). The molecule has 14 heteroatoms. The summed E-state index contributed by atoms with van der Waals surface area (Å²) in [4.78, 5) is 41.6. The molecule has 3 heterocycles. The van der Waals surface area contributed by atoms with Crippen LogP contribution in [0, 0.1) is 0 Å². The van der Waals surface area contributed by atoms with Crippen LogP contribution in [0.25, 0.3) is 5.69 Å². The Labute approximate surface area is 251 Å². The van der Waals surface area contributed by atoms with Crippen LogP contribution in [0.4, 0.5) is 9.80 Å². The fraction of sp³-hybridized carbons (Fsp3) is 0.464. The fourth-order valence-electron chi connectivity index (χ4n) is 4.27. The maximum absolute atomic E-state index is 13.5. The minimum Gasteiger partial charge on any atom is -0.538 e. The second kappa shape index (κ2) is 13.0. The summed E-state index contributed by atoms with van der Waals surface area (Å²) in [7, 11) is 1.55. The van der Waals surface area contributed by atoms with Crippen molar-refractivity contribution in [3.05, 3.63) is 40.3 Å². The van der Waals surface area contributed by atoms with E-state index in [0.717, 1.165) is 22.2 Å². The van der Waals surface area contributed by atoms with Gasteiger partial charge in [-0.2, -0.15) is 0 Å². The van der Waals surface area contributed by atoms with Gasteiger partial charge in [-0.3, -0.25) is 4.79 Å². The second-order valence-electron chi connectivity index (χ2n) is 10.4. The van der Waals surface area contributed by atoms with Crippen LogP contribution in [0.3, 0.4) is 0 Å². The number of rotatable bonds is 9. The van der Waals surface area contributed by atoms with Gasteiger partial charge in [-0.1, -0.05) is 6.92 Å². The predicted molar refractivity (Wildman–Crippen MR) is 153 cm³/mol. The molecule has 1 aliphatic rings. The first-order valence-corrected chi connectivity index (χ1v) is 15.2. The molecule has 0 fully saturated rings. The van der Waals surface area contributed by atoms with Crippen molar-refractivity contribution in [3.8, 4) is 17.4 Å². The Kier molecular flexibility index (Phi) is 9.67. The molecule has 1 unspecified atom stereocenters. The molecule has 1 atom stereocenters. The highest BCUT2D eigenvalue weighted by Gasteiger charge is 2.34. The van der Waals surface area contributed by atoms with Gasteiger partial charge in [-0.15, -0.1) is 11.3 Å². The lowest BCUT2D eigenvalue weighted by Gasteiger charge is -2.30.